The topological polar surface area (TPSA) is 43.0 Å². The lowest BCUT2D eigenvalue weighted by Crippen LogP contribution is -2.10. The molecule has 0 aliphatic rings. The molecule has 2 heterocycles. The van der Waals surface area contributed by atoms with Gasteiger partial charge in [-0.05, 0) is 18.7 Å². The highest BCUT2D eigenvalue weighted by molar-refractivity contribution is 5.78. The first-order valence-corrected chi connectivity index (χ1v) is 6.54. The second-order valence-electron chi connectivity index (χ2n) is 4.56. The Hall–Kier alpha value is -2.07. The number of aromatic nitrogens is 2. The van der Waals surface area contributed by atoms with Gasteiger partial charge in [-0.3, -0.25) is 4.68 Å². The summed E-state index contributed by atoms with van der Waals surface area (Å²) in [7, 11) is 0. The number of fused-ring (bicyclic) bond motifs is 1. The number of para-hydroxylation sites is 1. The molecular formula is C15H17N3O. The molecule has 19 heavy (non-hydrogen) atoms. The van der Waals surface area contributed by atoms with Crippen LogP contribution in [0.5, 0.6) is 0 Å². The summed E-state index contributed by atoms with van der Waals surface area (Å²) in [5.41, 5.74) is 2.31. The lowest BCUT2D eigenvalue weighted by Gasteiger charge is -2.00. The molecule has 0 aliphatic carbocycles. The van der Waals surface area contributed by atoms with Gasteiger partial charge in [-0.15, -0.1) is 0 Å². The number of nitrogens with zero attached hydrogens (tertiary/aromatic N) is 2. The standard InChI is InChI=1S/C15H17N3O/c1-2-16-8-12-7-14(19-11-12)10-18-15-6-4-3-5-13(15)9-17-18/h3-7,9,11,16H,2,8,10H2,1H3. The smallest absolute Gasteiger partial charge is 0.125 e. The third-order valence-electron chi connectivity index (χ3n) is 3.14. The summed E-state index contributed by atoms with van der Waals surface area (Å²) in [4.78, 5) is 0. The van der Waals surface area contributed by atoms with E-state index in [4.69, 9.17) is 4.42 Å². The van der Waals surface area contributed by atoms with Gasteiger partial charge in [0.25, 0.3) is 0 Å². The van der Waals surface area contributed by atoms with E-state index >= 15 is 0 Å². The van der Waals surface area contributed by atoms with Gasteiger partial charge in [-0.1, -0.05) is 25.1 Å². The van der Waals surface area contributed by atoms with Gasteiger partial charge in [0.05, 0.1) is 24.5 Å². The summed E-state index contributed by atoms with van der Waals surface area (Å²) in [6.07, 6.45) is 3.70. The Morgan fingerprint density at radius 2 is 2.21 bits per heavy atom. The molecule has 0 saturated heterocycles. The second kappa shape index (κ2) is 5.28. The van der Waals surface area contributed by atoms with Crippen LogP contribution in [0.3, 0.4) is 0 Å². The van der Waals surface area contributed by atoms with Crippen molar-refractivity contribution in [3.63, 3.8) is 0 Å². The van der Waals surface area contributed by atoms with E-state index in [1.165, 1.54) is 5.56 Å². The molecule has 3 rings (SSSR count). The van der Waals surface area contributed by atoms with Crippen LogP contribution in [0, 0.1) is 0 Å². The fourth-order valence-electron chi connectivity index (χ4n) is 2.17. The van der Waals surface area contributed by atoms with Crippen LogP contribution < -0.4 is 5.32 Å². The van der Waals surface area contributed by atoms with Gasteiger partial charge in [0, 0.05) is 17.5 Å². The van der Waals surface area contributed by atoms with E-state index in [0.29, 0.717) is 6.54 Å². The largest absolute Gasteiger partial charge is 0.467 e. The molecular weight excluding hydrogens is 238 g/mol. The molecule has 3 aromatic rings. The molecule has 4 heteroatoms. The third-order valence-corrected chi connectivity index (χ3v) is 3.14. The molecule has 1 aromatic carbocycles. The number of nitrogens with one attached hydrogen (secondary N) is 1. The lowest BCUT2D eigenvalue weighted by molar-refractivity contribution is 0.482. The van der Waals surface area contributed by atoms with Crippen LogP contribution in [-0.4, -0.2) is 16.3 Å². The zero-order valence-electron chi connectivity index (χ0n) is 11.0. The lowest BCUT2D eigenvalue weighted by atomic mass is 10.2. The van der Waals surface area contributed by atoms with Crippen molar-refractivity contribution in [3.05, 3.63) is 54.1 Å². The number of hydrogen-bond acceptors (Lipinski definition) is 3. The van der Waals surface area contributed by atoms with Crippen molar-refractivity contribution < 1.29 is 4.42 Å². The maximum Gasteiger partial charge on any atom is 0.125 e. The molecule has 0 spiro atoms. The van der Waals surface area contributed by atoms with Gasteiger partial charge in [-0.2, -0.15) is 5.10 Å². The predicted molar refractivity (Wildman–Crippen MR) is 74.9 cm³/mol. The molecule has 4 nitrogen and oxygen atoms in total. The normalized spacial score (nSPS) is 11.2. The molecule has 0 bridgehead atoms. The second-order valence-corrected chi connectivity index (χ2v) is 4.56. The fourth-order valence-corrected chi connectivity index (χ4v) is 2.17. The minimum atomic E-state index is 0.666. The van der Waals surface area contributed by atoms with Crippen molar-refractivity contribution >= 4 is 10.9 Å². The van der Waals surface area contributed by atoms with Crippen LogP contribution >= 0.6 is 0 Å². The molecule has 0 saturated carbocycles. The van der Waals surface area contributed by atoms with E-state index in [2.05, 4.69) is 35.5 Å². The molecule has 0 fully saturated rings. The summed E-state index contributed by atoms with van der Waals surface area (Å²) in [5, 5.41) is 8.84. The van der Waals surface area contributed by atoms with Gasteiger partial charge in [0.2, 0.25) is 0 Å². The molecule has 0 atom stereocenters. The summed E-state index contributed by atoms with van der Waals surface area (Å²) in [5.74, 6) is 0.932. The molecule has 0 radical (unpaired) electrons. The highest BCUT2D eigenvalue weighted by atomic mass is 16.3. The Kier molecular flexibility index (Phi) is 3.33. The van der Waals surface area contributed by atoms with Crippen LogP contribution in [0.2, 0.25) is 0 Å². The van der Waals surface area contributed by atoms with Gasteiger partial charge >= 0.3 is 0 Å². The van der Waals surface area contributed by atoms with Crippen molar-refractivity contribution in [3.8, 4) is 0 Å². The fraction of sp³-hybridized carbons (Fsp3) is 0.267. The number of benzene rings is 1. The maximum atomic E-state index is 5.58. The Morgan fingerprint density at radius 3 is 3.11 bits per heavy atom. The van der Waals surface area contributed by atoms with Crippen molar-refractivity contribution in [1.29, 1.82) is 0 Å². The zero-order valence-corrected chi connectivity index (χ0v) is 11.0. The average molecular weight is 255 g/mol. The van der Waals surface area contributed by atoms with Gasteiger partial charge in [-0.25, -0.2) is 0 Å². The monoisotopic (exact) mass is 255 g/mol. The number of hydrogen-bond donors (Lipinski definition) is 1. The maximum absolute atomic E-state index is 5.58. The van der Waals surface area contributed by atoms with Crippen LogP contribution in [0.15, 0.2) is 47.2 Å². The van der Waals surface area contributed by atoms with Crippen molar-refractivity contribution in [2.45, 2.75) is 20.0 Å². The average Bonchev–Trinajstić information content (AvgIpc) is 3.05. The van der Waals surface area contributed by atoms with E-state index in [9.17, 15) is 0 Å². The Morgan fingerprint density at radius 1 is 1.32 bits per heavy atom. The minimum Gasteiger partial charge on any atom is -0.467 e. The van der Waals surface area contributed by atoms with E-state index in [1.807, 2.05) is 29.3 Å². The number of rotatable bonds is 5. The van der Waals surface area contributed by atoms with E-state index in [1.54, 1.807) is 0 Å². The first-order chi connectivity index (χ1) is 9.36. The molecule has 2 aromatic heterocycles. The van der Waals surface area contributed by atoms with Gasteiger partial charge in [0.1, 0.15) is 5.76 Å². The first-order valence-electron chi connectivity index (χ1n) is 6.54. The van der Waals surface area contributed by atoms with Crippen LogP contribution in [0.25, 0.3) is 10.9 Å². The zero-order chi connectivity index (χ0) is 13.1. The summed E-state index contributed by atoms with van der Waals surface area (Å²) < 4.78 is 7.55. The van der Waals surface area contributed by atoms with Crippen LogP contribution in [-0.2, 0) is 13.1 Å². The Balaban J connectivity index is 1.79. The van der Waals surface area contributed by atoms with Crippen molar-refractivity contribution in [1.82, 2.24) is 15.1 Å². The Labute approximate surface area is 112 Å². The molecule has 0 unspecified atom stereocenters. The van der Waals surface area contributed by atoms with Crippen molar-refractivity contribution in [2.24, 2.45) is 0 Å². The Bertz CT molecular complexity index is 669. The minimum absolute atomic E-state index is 0.666. The third kappa shape index (κ3) is 2.53. The summed E-state index contributed by atoms with van der Waals surface area (Å²) in [6, 6.07) is 10.3. The van der Waals surface area contributed by atoms with E-state index in [0.717, 1.165) is 29.8 Å². The van der Waals surface area contributed by atoms with E-state index < -0.39 is 0 Å². The van der Waals surface area contributed by atoms with Gasteiger partial charge < -0.3 is 9.73 Å². The van der Waals surface area contributed by atoms with Crippen LogP contribution in [0.1, 0.15) is 18.2 Å². The van der Waals surface area contributed by atoms with E-state index in [-0.39, 0.29) is 0 Å². The molecule has 98 valence electrons. The molecule has 0 aliphatic heterocycles. The SMILES string of the molecule is CCNCc1coc(Cn2ncc3ccccc32)c1. The predicted octanol–water partition coefficient (Wildman–Crippen LogP) is 2.79. The van der Waals surface area contributed by atoms with Crippen molar-refractivity contribution in [2.75, 3.05) is 6.54 Å². The highest BCUT2D eigenvalue weighted by Gasteiger charge is 2.06. The number of furan rings is 1. The quantitative estimate of drug-likeness (QED) is 0.762. The van der Waals surface area contributed by atoms with Crippen LogP contribution in [0.4, 0.5) is 0 Å². The first kappa shape index (κ1) is 12.0. The van der Waals surface area contributed by atoms with Gasteiger partial charge in [0.15, 0.2) is 0 Å². The highest BCUT2D eigenvalue weighted by Crippen LogP contribution is 2.15. The summed E-state index contributed by atoms with van der Waals surface area (Å²) in [6.45, 7) is 4.57. The molecule has 1 N–H and O–H groups in total. The summed E-state index contributed by atoms with van der Waals surface area (Å²) >= 11 is 0. The molecule has 0 amide bonds.